The predicted molar refractivity (Wildman–Crippen MR) is 98.3 cm³/mol. The summed E-state index contributed by atoms with van der Waals surface area (Å²) in [5.41, 5.74) is 5.12. The van der Waals surface area contributed by atoms with Crippen LogP contribution in [-0.2, 0) is 8.85 Å². The van der Waals surface area contributed by atoms with Gasteiger partial charge in [-0.15, -0.1) is 0 Å². The molecule has 1 unspecified atom stereocenters. The second-order valence-corrected chi connectivity index (χ2v) is 7.72. The Hall–Kier alpha value is -1.62. The number of hydrogen-bond donors (Lipinski definition) is 0. The molecule has 0 amide bonds. The Morgan fingerprint density at radius 1 is 0.870 bits per heavy atom. The molecule has 3 nitrogen and oxygen atoms in total. The van der Waals surface area contributed by atoms with E-state index in [-0.39, 0.29) is 5.67 Å². The molecular formula is C19H26NO2Si. The van der Waals surface area contributed by atoms with E-state index in [1.54, 1.807) is 14.2 Å². The monoisotopic (exact) mass is 328 g/mol. The summed E-state index contributed by atoms with van der Waals surface area (Å²) >= 11 is 0. The van der Waals surface area contributed by atoms with E-state index < -0.39 is 9.28 Å². The summed E-state index contributed by atoms with van der Waals surface area (Å²) in [4.78, 5) is 2.39. The summed E-state index contributed by atoms with van der Waals surface area (Å²) in [6, 6.07) is 17.0. The van der Waals surface area contributed by atoms with Crippen molar-refractivity contribution in [2.24, 2.45) is 0 Å². The summed E-state index contributed by atoms with van der Waals surface area (Å²) in [5, 5.41) is 0. The Balaban J connectivity index is 2.60. The molecule has 23 heavy (non-hydrogen) atoms. The molecular weight excluding hydrogens is 302 g/mol. The summed E-state index contributed by atoms with van der Waals surface area (Å²) < 4.78 is 11.4. The van der Waals surface area contributed by atoms with Crippen molar-refractivity contribution < 1.29 is 8.85 Å². The predicted octanol–water partition coefficient (Wildman–Crippen LogP) is 4.54. The zero-order valence-corrected chi connectivity index (χ0v) is 15.7. The molecule has 0 bridgehead atoms. The summed E-state index contributed by atoms with van der Waals surface area (Å²) in [7, 11) is 2.08. The smallest absolute Gasteiger partial charge is 0.396 e. The van der Waals surface area contributed by atoms with Crippen molar-refractivity contribution in [2.75, 3.05) is 19.1 Å². The molecule has 0 saturated carbocycles. The van der Waals surface area contributed by atoms with Crippen molar-refractivity contribution in [3.05, 3.63) is 59.7 Å². The highest BCUT2D eigenvalue weighted by Gasteiger charge is 2.33. The maximum Gasteiger partial charge on any atom is 0.409 e. The van der Waals surface area contributed by atoms with Crippen LogP contribution in [-0.4, -0.2) is 29.2 Å². The highest BCUT2D eigenvalue weighted by Crippen LogP contribution is 2.34. The van der Waals surface area contributed by atoms with Gasteiger partial charge < -0.3 is 13.8 Å². The van der Waals surface area contributed by atoms with Crippen molar-refractivity contribution in [1.29, 1.82) is 0 Å². The average Bonchev–Trinajstić information content (AvgIpc) is 2.57. The average molecular weight is 329 g/mol. The lowest BCUT2D eigenvalue weighted by atomic mass is 10.1. The van der Waals surface area contributed by atoms with Crippen LogP contribution in [0.25, 0.3) is 0 Å². The van der Waals surface area contributed by atoms with Gasteiger partial charge in [0.25, 0.3) is 0 Å². The minimum Gasteiger partial charge on any atom is -0.396 e. The molecule has 2 aromatic carbocycles. The molecule has 2 aromatic rings. The third-order valence-electron chi connectivity index (χ3n) is 4.12. The maximum atomic E-state index is 5.69. The topological polar surface area (TPSA) is 21.7 Å². The fourth-order valence-corrected chi connectivity index (χ4v) is 4.48. The van der Waals surface area contributed by atoms with E-state index in [0.29, 0.717) is 0 Å². The quantitative estimate of drug-likeness (QED) is 0.697. The van der Waals surface area contributed by atoms with Gasteiger partial charge >= 0.3 is 9.28 Å². The molecule has 0 spiro atoms. The first kappa shape index (κ1) is 17.7. The summed E-state index contributed by atoms with van der Waals surface area (Å²) in [6.07, 6.45) is 0.957. The van der Waals surface area contributed by atoms with Crippen LogP contribution in [0.5, 0.6) is 0 Å². The van der Waals surface area contributed by atoms with Crippen LogP contribution in [0.3, 0.4) is 0 Å². The maximum absolute atomic E-state index is 5.69. The van der Waals surface area contributed by atoms with Gasteiger partial charge in [-0.25, -0.2) is 0 Å². The normalized spacial score (nSPS) is 12.4. The van der Waals surface area contributed by atoms with Gasteiger partial charge in [0.15, 0.2) is 0 Å². The third-order valence-corrected chi connectivity index (χ3v) is 6.14. The Bertz CT molecular complexity index is 583. The van der Waals surface area contributed by atoms with Crippen molar-refractivity contribution in [1.82, 2.24) is 0 Å². The number of rotatable bonds is 7. The van der Waals surface area contributed by atoms with Gasteiger partial charge in [0.05, 0.1) is 5.67 Å². The van der Waals surface area contributed by atoms with E-state index in [0.717, 1.165) is 6.42 Å². The van der Waals surface area contributed by atoms with Crippen LogP contribution >= 0.6 is 0 Å². The van der Waals surface area contributed by atoms with Crippen LogP contribution in [0.2, 0.25) is 0 Å². The molecule has 1 radical (unpaired) electrons. The van der Waals surface area contributed by atoms with Crippen molar-refractivity contribution in [2.45, 2.75) is 32.9 Å². The minimum atomic E-state index is -1.41. The molecule has 0 aliphatic heterocycles. The van der Waals surface area contributed by atoms with Gasteiger partial charge in [-0.05, 0) is 43.5 Å². The second kappa shape index (κ2) is 8.29. The van der Waals surface area contributed by atoms with E-state index >= 15 is 0 Å². The lowest BCUT2D eigenvalue weighted by Gasteiger charge is -2.36. The number of aryl methyl sites for hydroxylation is 2. The molecule has 0 heterocycles. The van der Waals surface area contributed by atoms with E-state index in [1.165, 1.54) is 22.5 Å². The van der Waals surface area contributed by atoms with Crippen LogP contribution in [0.15, 0.2) is 48.5 Å². The third kappa shape index (κ3) is 3.83. The molecule has 2 rings (SSSR count). The van der Waals surface area contributed by atoms with Crippen LogP contribution in [0.1, 0.15) is 24.5 Å². The van der Waals surface area contributed by atoms with Gasteiger partial charge in [-0.2, -0.15) is 0 Å². The zero-order chi connectivity index (χ0) is 16.8. The molecule has 0 fully saturated rings. The standard InChI is InChI=1S/C19H26NO2Si/c1-6-19(23(21-4)22-5)20(17-13-9-7-11-15(17)2)18-14-10-8-12-16(18)3/h7-14,19H,6H2,1-5H3. The summed E-state index contributed by atoms with van der Waals surface area (Å²) in [5.74, 6) is 0. The zero-order valence-electron chi connectivity index (χ0n) is 14.7. The number of nitrogens with zero attached hydrogens (tertiary/aromatic N) is 1. The molecule has 0 saturated heterocycles. The Morgan fingerprint density at radius 3 is 1.65 bits per heavy atom. The van der Waals surface area contributed by atoms with E-state index in [4.69, 9.17) is 8.85 Å². The number of anilines is 2. The Kier molecular flexibility index (Phi) is 6.39. The molecule has 0 N–H and O–H groups in total. The Labute approximate surface area is 141 Å². The first-order chi connectivity index (χ1) is 11.1. The van der Waals surface area contributed by atoms with Gasteiger partial charge in [0, 0.05) is 25.6 Å². The van der Waals surface area contributed by atoms with E-state index in [9.17, 15) is 0 Å². The van der Waals surface area contributed by atoms with Crippen molar-refractivity contribution in [3.8, 4) is 0 Å². The lowest BCUT2D eigenvalue weighted by molar-refractivity contribution is 0.265. The molecule has 0 aliphatic rings. The second-order valence-electron chi connectivity index (χ2n) is 5.59. The fourth-order valence-electron chi connectivity index (χ4n) is 2.94. The van der Waals surface area contributed by atoms with Gasteiger partial charge in [-0.1, -0.05) is 43.3 Å². The highest BCUT2D eigenvalue weighted by molar-refractivity contribution is 6.47. The SMILES string of the molecule is CCC(N(c1ccccc1C)c1ccccc1C)[Si](OC)OC. The highest BCUT2D eigenvalue weighted by atomic mass is 28.3. The summed E-state index contributed by atoms with van der Waals surface area (Å²) in [6.45, 7) is 6.50. The number of para-hydroxylation sites is 2. The number of benzene rings is 2. The molecule has 0 aromatic heterocycles. The van der Waals surface area contributed by atoms with Crippen LogP contribution < -0.4 is 4.90 Å². The van der Waals surface area contributed by atoms with Crippen LogP contribution in [0, 0.1) is 13.8 Å². The van der Waals surface area contributed by atoms with E-state index in [1.807, 2.05) is 0 Å². The van der Waals surface area contributed by atoms with E-state index in [2.05, 4.69) is 74.2 Å². The van der Waals surface area contributed by atoms with Crippen molar-refractivity contribution in [3.63, 3.8) is 0 Å². The number of hydrogen-bond acceptors (Lipinski definition) is 3. The fraction of sp³-hybridized carbons (Fsp3) is 0.368. The minimum absolute atomic E-state index is 0.192. The first-order valence-electron chi connectivity index (χ1n) is 7.99. The molecule has 0 aliphatic carbocycles. The Morgan fingerprint density at radius 2 is 1.30 bits per heavy atom. The van der Waals surface area contributed by atoms with Crippen LogP contribution in [0.4, 0.5) is 11.4 Å². The van der Waals surface area contributed by atoms with Gasteiger partial charge in [0.2, 0.25) is 0 Å². The van der Waals surface area contributed by atoms with Crippen molar-refractivity contribution >= 4 is 20.7 Å². The first-order valence-corrected chi connectivity index (χ1v) is 9.38. The molecule has 1 atom stereocenters. The lowest BCUT2D eigenvalue weighted by Crippen LogP contribution is -2.47. The van der Waals surface area contributed by atoms with Gasteiger partial charge in [-0.3, -0.25) is 0 Å². The largest absolute Gasteiger partial charge is 0.409 e. The molecule has 4 heteroatoms. The van der Waals surface area contributed by atoms with Gasteiger partial charge in [0.1, 0.15) is 0 Å². The molecule has 123 valence electrons.